The first-order chi connectivity index (χ1) is 10.5. The summed E-state index contributed by atoms with van der Waals surface area (Å²) in [6.07, 6.45) is 1.79. The Morgan fingerprint density at radius 1 is 1.05 bits per heavy atom. The normalized spacial score (nSPS) is 19.2. The van der Waals surface area contributed by atoms with Crippen LogP contribution in [0.4, 0.5) is 5.69 Å². The Hall–Kier alpha value is -2.07. The van der Waals surface area contributed by atoms with E-state index in [4.69, 9.17) is 0 Å². The van der Waals surface area contributed by atoms with Crippen LogP contribution < -0.4 is 4.90 Å². The molecule has 114 valence electrons. The predicted molar refractivity (Wildman–Crippen MR) is 90.5 cm³/mol. The van der Waals surface area contributed by atoms with Crippen LogP contribution in [0.15, 0.2) is 66.1 Å². The molecule has 0 spiro atoms. The van der Waals surface area contributed by atoms with Crippen LogP contribution in [0.1, 0.15) is 11.1 Å². The fourth-order valence-electron chi connectivity index (χ4n) is 2.66. The van der Waals surface area contributed by atoms with Crippen molar-refractivity contribution in [1.82, 2.24) is 0 Å². The maximum absolute atomic E-state index is 11.8. The van der Waals surface area contributed by atoms with Gasteiger partial charge in [0.05, 0.1) is 11.8 Å². The molecule has 0 bridgehead atoms. The Balaban J connectivity index is 1.90. The second-order valence-corrected chi connectivity index (χ2v) is 7.61. The van der Waals surface area contributed by atoms with E-state index in [1.807, 2.05) is 30.3 Å². The van der Waals surface area contributed by atoms with Gasteiger partial charge in [0, 0.05) is 17.6 Å². The molecule has 1 aliphatic rings. The Bertz CT molecular complexity index is 764. The fraction of sp³-hybridized carbons (Fsp3) is 0.222. The molecule has 22 heavy (non-hydrogen) atoms. The minimum absolute atomic E-state index is 0.117. The van der Waals surface area contributed by atoms with Crippen molar-refractivity contribution >= 4 is 15.5 Å². The highest BCUT2D eigenvalue weighted by Gasteiger charge is 2.27. The van der Waals surface area contributed by atoms with Gasteiger partial charge in [-0.05, 0) is 30.7 Å². The van der Waals surface area contributed by atoms with Crippen LogP contribution in [0, 0.1) is 6.92 Å². The second kappa shape index (κ2) is 5.97. The topological polar surface area (TPSA) is 37.4 Å². The third-order valence-corrected chi connectivity index (χ3v) is 5.25. The summed E-state index contributed by atoms with van der Waals surface area (Å²) in [4.78, 5) is 2.14. The molecule has 0 unspecified atom stereocenters. The van der Waals surface area contributed by atoms with Gasteiger partial charge >= 0.3 is 0 Å². The molecule has 0 amide bonds. The van der Waals surface area contributed by atoms with Crippen LogP contribution in [0.2, 0.25) is 0 Å². The minimum atomic E-state index is -3.07. The molecule has 0 fully saturated rings. The van der Waals surface area contributed by atoms with Crippen molar-refractivity contribution < 1.29 is 8.42 Å². The smallest absolute Gasteiger partial charge is 0.173 e. The zero-order valence-corrected chi connectivity index (χ0v) is 13.3. The van der Waals surface area contributed by atoms with Crippen LogP contribution in [-0.4, -0.2) is 20.2 Å². The third-order valence-electron chi connectivity index (χ3n) is 3.87. The molecule has 1 aliphatic heterocycles. The first kappa shape index (κ1) is 14.9. The Labute approximate surface area is 131 Å². The number of aryl methyl sites for hydroxylation is 1. The van der Waals surface area contributed by atoms with Crippen molar-refractivity contribution in [2.45, 2.75) is 19.5 Å². The number of nitrogens with zero attached hydrogens (tertiary/aromatic N) is 1. The molecule has 0 N–H and O–H groups in total. The van der Waals surface area contributed by atoms with Gasteiger partial charge in [0.1, 0.15) is 0 Å². The zero-order chi connectivity index (χ0) is 15.6. The first-order valence-corrected chi connectivity index (χ1v) is 9.03. The lowest BCUT2D eigenvalue weighted by molar-refractivity contribution is 0.601. The number of hydrogen-bond acceptors (Lipinski definition) is 3. The summed E-state index contributed by atoms with van der Waals surface area (Å²) >= 11 is 0. The van der Waals surface area contributed by atoms with Crippen LogP contribution in [0.5, 0.6) is 0 Å². The van der Waals surface area contributed by atoms with Crippen molar-refractivity contribution in [2.75, 3.05) is 10.7 Å². The van der Waals surface area contributed by atoms with Crippen molar-refractivity contribution in [3.8, 4) is 0 Å². The van der Waals surface area contributed by atoms with E-state index in [2.05, 4.69) is 36.1 Å². The average molecular weight is 313 g/mol. The molecule has 0 radical (unpaired) electrons. The summed E-state index contributed by atoms with van der Waals surface area (Å²) in [5.41, 5.74) is 3.43. The SMILES string of the molecule is Cc1ccc(CN(c2ccccc2)[C@@H]2C=CS(=O)(=O)C2)cc1. The molecular formula is C18H19NO2S. The zero-order valence-electron chi connectivity index (χ0n) is 12.5. The van der Waals surface area contributed by atoms with Gasteiger partial charge in [-0.25, -0.2) is 8.42 Å². The molecule has 0 aliphatic carbocycles. The van der Waals surface area contributed by atoms with E-state index in [0.717, 1.165) is 5.69 Å². The van der Waals surface area contributed by atoms with E-state index < -0.39 is 9.84 Å². The van der Waals surface area contributed by atoms with Crippen LogP contribution >= 0.6 is 0 Å². The molecule has 3 rings (SSSR count). The fourth-order valence-corrected chi connectivity index (χ4v) is 3.96. The summed E-state index contributed by atoms with van der Waals surface area (Å²) < 4.78 is 23.5. The number of hydrogen-bond donors (Lipinski definition) is 0. The molecular weight excluding hydrogens is 294 g/mol. The van der Waals surface area contributed by atoms with Gasteiger partial charge in [-0.3, -0.25) is 0 Å². The highest BCUT2D eigenvalue weighted by atomic mass is 32.2. The third kappa shape index (κ3) is 3.39. The number of sulfone groups is 1. The molecule has 4 heteroatoms. The lowest BCUT2D eigenvalue weighted by Crippen LogP contribution is -2.35. The molecule has 1 heterocycles. The maximum atomic E-state index is 11.8. The van der Waals surface area contributed by atoms with Gasteiger partial charge in [-0.1, -0.05) is 48.0 Å². The molecule has 0 saturated carbocycles. The summed E-state index contributed by atoms with van der Waals surface area (Å²) in [5, 5.41) is 1.34. The first-order valence-electron chi connectivity index (χ1n) is 7.32. The number of para-hydroxylation sites is 1. The molecule has 0 saturated heterocycles. The van der Waals surface area contributed by atoms with Crippen LogP contribution in [0.3, 0.4) is 0 Å². The van der Waals surface area contributed by atoms with E-state index in [1.165, 1.54) is 16.5 Å². The van der Waals surface area contributed by atoms with Gasteiger partial charge in [-0.15, -0.1) is 0 Å². The highest BCUT2D eigenvalue weighted by molar-refractivity contribution is 7.94. The van der Waals surface area contributed by atoms with Gasteiger partial charge in [0.2, 0.25) is 0 Å². The van der Waals surface area contributed by atoms with Gasteiger partial charge in [0.25, 0.3) is 0 Å². The Kier molecular flexibility index (Phi) is 4.03. The van der Waals surface area contributed by atoms with Gasteiger partial charge in [-0.2, -0.15) is 0 Å². The summed E-state index contributed by atoms with van der Waals surface area (Å²) in [7, 11) is -3.07. The summed E-state index contributed by atoms with van der Waals surface area (Å²) in [6, 6.07) is 18.2. The van der Waals surface area contributed by atoms with Crippen molar-refractivity contribution in [3.63, 3.8) is 0 Å². The highest BCUT2D eigenvalue weighted by Crippen LogP contribution is 2.24. The predicted octanol–water partition coefficient (Wildman–Crippen LogP) is 3.31. The second-order valence-electron chi connectivity index (χ2n) is 5.67. The van der Waals surface area contributed by atoms with E-state index >= 15 is 0 Å². The molecule has 2 aromatic carbocycles. The summed E-state index contributed by atoms with van der Waals surface area (Å²) in [5.74, 6) is 0.147. The standard InChI is InChI=1S/C18H19NO2S/c1-15-7-9-16(10-8-15)13-19(17-5-3-2-4-6-17)18-11-12-22(20,21)14-18/h2-12,18H,13-14H2,1H3/t18-/m1/s1. The molecule has 0 aromatic heterocycles. The maximum Gasteiger partial charge on any atom is 0.173 e. The van der Waals surface area contributed by atoms with Crippen molar-refractivity contribution in [2.24, 2.45) is 0 Å². The summed E-state index contributed by atoms with van der Waals surface area (Å²) in [6.45, 7) is 2.75. The molecule has 2 aromatic rings. The number of anilines is 1. The van der Waals surface area contributed by atoms with E-state index in [0.29, 0.717) is 6.54 Å². The van der Waals surface area contributed by atoms with E-state index in [9.17, 15) is 8.42 Å². The van der Waals surface area contributed by atoms with Crippen molar-refractivity contribution in [3.05, 3.63) is 77.2 Å². The molecule has 3 nitrogen and oxygen atoms in total. The lowest BCUT2D eigenvalue weighted by atomic mass is 10.1. The minimum Gasteiger partial charge on any atom is -0.360 e. The lowest BCUT2D eigenvalue weighted by Gasteiger charge is -2.30. The Morgan fingerprint density at radius 3 is 2.32 bits per heavy atom. The largest absolute Gasteiger partial charge is 0.360 e. The monoisotopic (exact) mass is 313 g/mol. The van der Waals surface area contributed by atoms with Gasteiger partial charge in [0.15, 0.2) is 9.84 Å². The average Bonchev–Trinajstić information content (AvgIpc) is 2.87. The number of benzene rings is 2. The van der Waals surface area contributed by atoms with Gasteiger partial charge < -0.3 is 4.90 Å². The molecule has 1 atom stereocenters. The van der Waals surface area contributed by atoms with Crippen LogP contribution in [0.25, 0.3) is 0 Å². The number of rotatable bonds is 4. The van der Waals surface area contributed by atoms with E-state index in [1.54, 1.807) is 6.08 Å². The van der Waals surface area contributed by atoms with E-state index in [-0.39, 0.29) is 11.8 Å². The van der Waals surface area contributed by atoms with Crippen molar-refractivity contribution in [1.29, 1.82) is 0 Å². The van der Waals surface area contributed by atoms with Crippen LogP contribution in [-0.2, 0) is 16.4 Å². The Morgan fingerprint density at radius 2 is 1.73 bits per heavy atom. The quantitative estimate of drug-likeness (QED) is 0.869.